The van der Waals surface area contributed by atoms with E-state index in [0.717, 1.165) is 5.56 Å². The second-order valence-corrected chi connectivity index (χ2v) is 4.88. The summed E-state index contributed by atoms with van der Waals surface area (Å²) in [5, 5.41) is 3.99. The van der Waals surface area contributed by atoms with Crippen LogP contribution in [0.1, 0.15) is 24.4 Å². The second-order valence-electron chi connectivity index (χ2n) is 4.45. The highest BCUT2D eigenvalue weighted by atomic mass is 35.5. The van der Waals surface area contributed by atoms with E-state index in [1.165, 1.54) is 0 Å². The van der Waals surface area contributed by atoms with Crippen molar-refractivity contribution in [1.29, 1.82) is 0 Å². The minimum atomic E-state index is 0.0541. The van der Waals surface area contributed by atoms with Gasteiger partial charge >= 0.3 is 0 Å². The maximum absolute atomic E-state index is 5.99. The molecule has 1 aromatic heterocycles. The third-order valence-electron chi connectivity index (χ3n) is 2.78. The molecule has 0 radical (unpaired) electrons. The quantitative estimate of drug-likeness (QED) is 0.886. The van der Waals surface area contributed by atoms with E-state index >= 15 is 0 Å². The Morgan fingerprint density at radius 3 is 2.85 bits per heavy atom. The first-order valence-electron chi connectivity index (χ1n) is 6.23. The molecule has 6 heteroatoms. The molecule has 2 rings (SSSR count). The number of nitrogens with zero attached hydrogens (tertiary/aromatic N) is 2. The van der Waals surface area contributed by atoms with Crippen LogP contribution in [0.2, 0.25) is 5.02 Å². The van der Waals surface area contributed by atoms with Crippen molar-refractivity contribution in [3.8, 4) is 0 Å². The van der Waals surface area contributed by atoms with Gasteiger partial charge in [-0.15, -0.1) is 0 Å². The van der Waals surface area contributed by atoms with Gasteiger partial charge in [0.1, 0.15) is 18.2 Å². The molecule has 106 valence electrons. The number of halogens is 1. The van der Waals surface area contributed by atoms with Crippen LogP contribution in [0, 0.1) is 0 Å². The molecule has 0 fully saturated rings. The molecule has 1 heterocycles. The lowest BCUT2D eigenvalue weighted by atomic mass is 10.1. The summed E-state index contributed by atoms with van der Waals surface area (Å²) in [6, 6.07) is 9.43. The molecule has 0 bridgehead atoms. The zero-order valence-electron chi connectivity index (χ0n) is 11.4. The number of hydrogen-bond donors (Lipinski definition) is 2. The minimum absolute atomic E-state index is 0.0541. The van der Waals surface area contributed by atoms with Crippen molar-refractivity contribution in [3.05, 3.63) is 46.7 Å². The Labute approximate surface area is 123 Å². The fourth-order valence-electron chi connectivity index (χ4n) is 1.87. The maximum atomic E-state index is 5.99. The van der Waals surface area contributed by atoms with E-state index < -0.39 is 0 Å². The summed E-state index contributed by atoms with van der Waals surface area (Å²) in [6.45, 7) is 2.35. The monoisotopic (exact) mass is 292 g/mol. The Morgan fingerprint density at radius 2 is 2.15 bits per heavy atom. The van der Waals surface area contributed by atoms with Gasteiger partial charge in [-0.2, -0.15) is 0 Å². The number of aromatic nitrogens is 2. The van der Waals surface area contributed by atoms with E-state index in [0.29, 0.717) is 29.1 Å². The Morgan fingerprint density at radius 1 is 1.35 bits per heavy atom. The van der Waals surface area contributed by atoms with Crippen molar-refractivity contribution in [2.45, 2.75) is 19.6 Å². The molecule has 0 amide bonds. The predicted octanol–water partition coefficient (Wildman–Crippen LogP) is 3.03. The van der Waals surface area contributed by atoms with Crippen molar-refractivity contribution in [3.63, 3.8) is 0 Å². The number of anilines is 2. The van der Waals surface area contributed by atoms with Gasteiger partial charge in [0.25, 0.3) is 0 Å². The summed E-state index contributed by atoms with van der Waals surface area (Å²) >= 11 is 5.99. The molecular weight excluding hydrogens is 276 g/mol. The van der Waals surface area contributed by atoms with Crippen molar-refractivity contribution in [1.82, 2.24) is 9.97 Å². The van der Waals surface area contributed by atoms with Gasteiger partial charge in [0.05, 0.1) is 0 Å². The van der Waals surface area contributed by atoms with Crippen LogP contribution in [0.15, 0.2) is 30.3 Å². The van der Waals surface area contributed by atoms with E-state index in [1.807, 2.05) is 31.2 Å². The van der Waals surface area contributed by atoms with Crippen molar-refractivity contribution >= 4 is 23.2 Å². The molecule has 0 saturated heterocycles. The fraction of sp³-hybridized carbons (Fsp3) is 0.286. The highest BCUT2D eigenvalue weighted by molar-refractivity contribution is 6.30. The molecule has 3 N–H and O–H groups in total. The summed E-state index contributed by atoms with van der Waals surface area (Å²) in [5.74, 6) is 1.62. The lowest BCUT2D eigenvalue weighted by Gasteiger charge is -2.16. The highest BCUT2D eigenvalue weighted by Crippen LogP contribution is 2.21. The molecule has 0 aliphatic rings. The van der Waals surface area contributed by atoms with Crippen molar-refractivity contribution in [2.75, 3.05) is 18.2 Å². The summed E-state index contributed by atoms with van der Waals surface area (Å²) in [7, 11) is 1.59. The standard InChI is InChI=1S/C14H17ClN4O/c1-9(10-4-3-5-11(15)6-10)17-13-7-12(16)18-14(19-13)8-20-2/h3-7,9H,8H2,1-2H3,(H3,16,17,18,19). The number of ether oxygens (including phenoxy) is 1. The molecule has 0 aliphatic carbocycles. The third kappa shape index (κ3) is 3.82. The molecule has 5 nitrogen and oxygen atoms in total. The van der Waals surface area contributed by atoms with Crippen molar-refractivity contribution in [2.24, 2.45) is 0 Å². The number of methoxy groups -OCH3 is 1. The smallest absolute Gasteiger partial charge is 0.158 e. The molecule has 0 spiro atoms. The molecule has 1 atom stereocenters. The van der Waals surface area contributed by atoms with Crippen LogP contribution in [0.3, 0.4) is 0 Å². The van der Waals surface area contributed by atoms with E-state index in [4.69, 9.17) is 22.1 Å². The van der Waals surface area contributed by atoms with E-state index in [1.54, 1.807) is 13.2 Å². The highest BCUT2D eigenvalue weighted by Gasteiger charge is 2.08. The molecule has 0 saturated carbocycles. The van der Waals surface area contributed by atoms with Gasteiger partial charge in [-0.3, -0.25) is 0 Å². The molecule has 20 heavy (non-hydrogen) atoms. The maximum Gasteiger partial charge on any atom is 0.158 e. The van der Waals surface area contributed by atoms with E-state index in [9.17, 15) is 0 Å². The van der Waals surface area contributed by atoms with Crippen LogP contribution in [-0.4, -0.2) is 17.1 Å². The van der Waals surface area contributed by atoms with Crippen LogP contribution in [0.4, 0.5) is 11.6 Å². The number of nitrogens with two attached hydrogens (primary N) is 1. The van der Waals surface area contributed by atoms with Gasteiger partial charge in [-0.1, -0.05) is 23.7 Å². The molecule has 2 aromatic rings. The summed E-state index contributed by atoms with van der Waals surface area (Å²) < 4.78 is 5.02. The van der Waals surface area contributed by atoms with Gasteiger partial charge < -0.3 is 15.8 Å². The first-order valence-corrected chi connectivity index (χ1v) is 6.60. The summed E-state index contributed by atoms with van der Waals surface area (Å²) in [4.78, 5) is 8.45. The van der Waals surface area contributed by atoms with Crippen LogP contribution in [-0.2, 0) is 11.3 Å². The molecule has 1 unspecified atom stereocenters. The molecule has 1 aromatic carbocycles. The SMILES string of the molecule is COCc1nc(N)cc(NC(C)c2cccc(Cl)c2)n1. The molecular formula is C14H17ClN4O. The summed E-state index contributed by atoms with van der Waals surface area (Å²) in [6.07, 6.45) is 0. The minimum Gasteiger partial charge on any atom is -0.384 e. The fourth-order valence-corrected chi connectivity index (χ4v) is 2.07. The number of rotatable bonds is 5. The average Bonchev–Trinajstić information content (AvgIpc) is 2.38. The van der Waals surface area contributed by atoms with Crippen LogP contribution >= 0.6 is 11.6 Å². The molecule has 0 aliphatic heterocycles. The van der Waals surface area contributed by atoms with Gasteiger partial charge in [-0.05, 0) is 24.6 Å². The van der Waals surface area contributed by atoms with Gasteiger partial charge in [0, 0.05) is 24.2 Å². The lowest BCUT2D eigenvalue weighted by Crippen LogP contribution is -2.11. The largest absolute Gasteiger partial charge is 0.384 e. The van der Waals surface area contributed by atoms with E-state index in [-0.39, 0.29) is 6.04 Å². The number of hydrogen-bond acceptors (Lipinski definition) is 5. The Balaban J connectivity index is 2.16. The predicted molar refractivity (Wildman–Crippen MR) is 80.6 cm³/mol. The zero-order valence-corrected chi connectivity index (χ0v) is 12.2. The first kappa shape index (κ1) is 14.6. The number of nitrogen functional groups attached to an aromatic ring is 1. The third-order valence-corrected chi connectivity index (χ3v) is 3.01. The van der Waals surface area contributed by atoms with Crippen LogP contribution in [0.25, 0.3) is 0 Å². The Kier molecular flexibility index (Phi) is 4.76. The van der Waals surface area contributed by atoms with Crippen LogP contribution < -0.4 is 11.1 Å². The van der Waals surface area contributed by atoms with Gasteiger partial charge in [-0.25, -0.2) is 9.97 Å². The van der Waals surface area contributed by atoms with Gasteiger partial charge in [0.2, 0.25) is 0 Å². The topological polar surface area (TPSA) is 73.1 Å². The second kappa shape index (κ2) is 6.54. The van der Waals surface area contributed by atoms with Crippen LogP contribution in [0.5, 0.6) is 0 Å². The number of nitrogens with one attached hydrogen (secondary N) is 1. The normalized spacial score (nSPS) is 12.2. The Hall–Kier alpha value is -1.85. The van der Waals surface area contributed by atoms with Gasteiger partial charge in [0.15, 0.2) is 5.82 Å². The van der Waals surface area contributed by atoms with E-state index in [2.05, 4.69) is 15.3 Å². The first-order chi connectivity index (χ1) is 9.58. The van der Waals surface area contributed by atoms with Crippen molar-refractivity contribution < 1.29 is 4.74 Å². The zero-order chi connectivity index (χ0) is 14.5. The summed E-state index contributed by atoms with van der Waals surface area (Å²) in [5.41, 5.74) is 6.83. The lowest BCUT2D eigenvalue weighted by molar-refractivity contribution is 0.178. The Bertz CT molecular complexity index is 591. The number of benzene rings is 1. The average molecular weight is 293 g/mol.